The maximum atomic E-state index is 13.2. The van der Waals surface area contributed by atoms with Crippen molar-refractivity contribution < 1.29 is 27.1 Å². The van der Waals surface area contributed by atoms with Crippen molar-refractivity contribution in [3.05, 3.63) is 35.1 Å². The number of carbonyl (C=O) groups excluding carboxylic acids is 1. The number of rotatable bonds is 1. The van der Waals surface area contributed by atoms with E-state index in [1.807, 2.05) is 0 Å². The quantitative estimate of drug-likeness (QED) is 0.777. The van der Waals surface area contributed by atoms with Gasteiger partial charge in [-0.1, -0.05) is 12.1 Å². The minimum atomic E-state index is -4.81. The van der Waals surface area contributed by atoms with Crippen molar-refractivity contribution in [3.63, 3.8) is 0 Å². The van der Waals surface area contributed by atoms with E-state index in [-0.39, 0.29) is 12.2 Å². The highest BCUT2D eigenvalue weighted by Gasteiger charge is 2.40. The molecule has 0 aromatic heterocycles. The van der Waals surface area contributed by atoms with Gasteiger partial charge in [-0.15, -0.1) is 0 Å². The fourth-order valence-electron chi connectivity index (χ4n) is 1.68. The summed E-state index contributed by atoms with van der Waals surface area (Å²) >= 11 is 0. The Morgan fingerprint density at radius 3 is 2.59 bits per heavy atom. The normalized spacial score (nSPS) is 20.0. The third-order valence-corrected chi connectivity index (χ3v) is 2.38. The number of carbonyl (C=O) groups is 1. The van der Waals surface area contributed by atoms with Crippen molar-refractivity contribution in [1.82, 2.24) is 5.32 Å². The minimum Gasteiger partial charge on any atom is -0.447 e. The van der Waals surface area contributed by atoms with Crippen LogP contribution in [-0.2, 0) is 10.9 Å². The molecule has 1 atom stereocenters. The molecule has 1 amide bonds. The lowest BCUT2D eigenvalue weighted by Crippen LogP contribution is -2.23. The smallest absolute Gasteiger partial charge is 0.419 e. The predicted octanol–water partition coefficient (Wildman–Crippen LogP) is 2.63. The molecular weight excluding hydrogens is 242 g/mol. The molecule has 7 heteroatoms. The molecule has 1 fully saturated rings. The lowest BCUT2D eigenvalue weighted by atomic mass is 10.00. The van der Waals surface area contributed by atoms with E-state index in [1.165, 1.54) is 0 Å². The van der Waals surface area contributed by atoms with Gasteiger partial charge in [-0.05, 0) is 11.6 Å². The molecule has 0 bridgehead atoms. The Hall–Kier alpha value is -1.79. The Morgan fingerprint density at radius 1 is 1.35 bits per heavy atom. The number of alkyl carbamates (subject to hydrolysis) is 1. The number of benzene rings is 1. The second kappa shape index (κ2) is 3.90. The zero-order valence-electron chi connectivity index (χ0n) is 8.34. The first kappa shape index (κ1) is 11.7. The van der Waals surface area contributed by atoms with E-state index < -0.39 is 29.7 Å². The molecule has 1 aromatic rings. The molecule has 1 aliphatic rings. The molecule has 92 valence electrons. The van der Waals surface area contributed by atoms with Crippen molar-refractivity contribution in [2.75, 3.05) is 6.61 Å². The van der Waals surface area contributed by atoms with Crippen molar-refractivity contribution >= 4 is 6.09 Å². The molecule has 0 radical (unpaired) electrons. The average molecular weight is 249 g/mol. The van der Waals surface area contributed by atoms with Crippen LogP contribution in [0.1, 0.15) is 17.2 Å². The zero-order chi connectivity index (χ0) is 12.6. The van der Waals surface area contributed by atoms with Crippen LogP contribution in [0.5, 0.6) is 0 Å². The Morgan fingerprint density at radius 2 is 2.06 bits per heavy atom. The van der Waals surface area contributed by atoms with Crippen LogP contribution >= 0.6 is 0 Å². The number of hydrogen-bond donors (Lipinski definition) is 1. The van der Waals surface area contributed by atoms with Gasteiger partial charge in [0, 0.05) is 0 Å². The summed E-state index contributed by atoms with van der Waals surface area (Å²) < 4.78 is 55.7. The summed E-state index contributed by atoms with van der Waals surface area (Å²) in [6.45, 7) is -0.245. The van der Waals surface area contributed by atoms with Gasteiger partial charge in [0.15, 0.2) is 0 Å². The summed E-state index contributed by atoms with van der Waals surface area (Å²) in [5.41, 5.74) is -1.70. The van der Waals surface area contributed by atoms with Crippen LogP contribution in [0, 0.1) is 5.82 Å². The van der Waals surface area contributed by atoms with Crippen molar-refractivity contribution in [1.29, 1.82) is 0 Å². The monoisotopic (exact) mass is 249 g/mol. The summed E-state index contributed by atoms with van der Waals surface area (Å²) in [7, 11) is 0. The highest BCUT2D eigenvalue weighted by Crippen LogP contribution is 2.37. The highest BCUT2D eigenvalue weighted by atomic mass is 19.4. The molecule has 3 nitrogen and oxygen atoms in total. The Bertz CT molecular complexity index is 458. The first-order valence-corrected chi connectivity index (χ1v) is 4.68. The Balaban J connectivity index is 2.47. The maximum Gasteiger partial charge on any atom is 0.419 e. The number of amides is 1. The number of halogens is 4. The standard InChI is InChI=1S/C10H7F4NO2/c11-6-3-1-2-5(8(6)10(12,13)14)7-4-17-9(16)15-7/h1-3,7H,4H2,(H,15,16)/t7-/m1/s1. The van der Waals surface area contributed by atoms with Crippen LogP contribution in [0.25, 0.3) is 0 Å². The van der Waals surface area contributed by atoms with Gasteiger partial charge in [0.2, 0.25) is 0 Å². The van der Waals surface area contributed by atoms with Crippen LogP contribution in [0.4, 0.5) is 22.4 Å². The van der Waals surface area contributed by atoms with Gasteiger partial charge in [0.25, 0.3) is 0 Å². The molecule has 1 aliphatic heterocycles. The molecule has 0 saturated carbocycles. The lowest BCUT2D eigenvalue weighted by molar-refractivity contribution is -0.140. The van der Waals surface area contributed by atoms with E-state index in [1.54, 1.807) is 0 Å². The van der Waals surface area contributed by atoms with E-state index >= 15 is 0 Å². The second-order valence-corrected chi connectivity index (χ2v) is 3.50. The van der Waals surface area contributed by atoms with Crippen LogP contribution in [0.15, 0.2) is 18.2 Å². The molecule has 1 saturated heterocycles. The van der Waals surface area contributed by atoms with Crippen molar-refractivity contribution in [2.45, 2.75) is 12.2 Å². The summed E-state index contributed by atoms with van der Waals surface area (Å²) in [5.74, 6) is -1.36. The van der Waals surface area contributed by atoms with Gasteiger partial charge in [0.05, 0.1) is 11.6 Å². The van der Waals surface area contributed by atoms with E-state index in [0.29, 0.717) is 0 Å². The SMILES string of the molecule is O=C1N[C@@H](c2cccc(F)c2C(F)(F)F)CO1. The fourth-order valence-corrected chi connectivity index (χ4v) is 1.68. The maximum absolute atomic E-state index is 13.2. The first-order chi connectivity index (χ1) is 7.89. The van der Waals surface area contributed by atoms with Crippen LogP contribution in [0.3, 0.4) is 0 Å². The van der Waals surface area contributed by atoms with Gasteiger partial charge in [-0.3, -0.25) is 0 Å². The highest BCUT2D eigenvalue weighted by molar-refractivity contribution is 5.70. The summed E-state index contributed by atoms with van der Waals surface area (Å²) in [4.78, 5) is 10.8. The molecule has 1 N–H and O–H groups in total. The average Bonchev–Trinajstić information content (AvgIpc) is 2.62. The third kappa shape index (κ3) is 2.17. The molecule has 0 aliphatic carbocycles. The molecule has 1 heterocycles. The molecule has 17 heavy (non-hydrogen) atoms. The summed E-state index contributed by atoms with van der Waals surface area (Å²) in [6.07, 6.45) is -5.62. The molecule has 0 spiro atoms. The molecule has 0 unspecified atom stereocenters. The van der Waals surface area contributed by atoms with Gasteiger partial charge < -0.3 is 10.1 Å². The van der Waals surface area contributed by atoms with Crippen LogP contribution in [-0.4, -0.2) is 12.7 Å². The Labute approximate surface area is 93.4 Å². The third-order valence-electron chi connectivity index (χ3n) is 2.38. The molecular formula is C10H7F4NO2. The van der Waals surface area contributed by atoms with Crippen LogP contribution in [0.2, 0.25) is 0 Å². The Kier molecular flexibility index (Phi) is 2.68. The zero-order valence-corrected chi connectivity index (χ0v) is 8.34. The predicted molar refractivity (Wildman–Crippen MR) is 48.6 cm³/mol. The summed E-state index contributed by atoms with van der Waals surface area (Å²) in [6, 6.07) is 2.02. The van der Waals surface area contributed by atoms with Crippen LogP contribution < -0.4 is 5.32 Å². The van der Waals surface area contributed by atoms with E-state index in [9.17, 15) is 22.4 Å². The minimum absolute atomic E-state index is 0.245. The van der Waals surface area contributed by atoms with Crippen molar-refractivity contribution in [2.24, 2.45) is 0 Å². The molecule has 2 rings (SSSR count). The lowest BCUT2D eigenvalue weighted by Gasteiger charge is -2.16. The summed E-state index contributed by atoms with van der Waals surface area (Å²) in [5, 5.41) is 2.18. The van der Waals surface area contributed by atoms with Gasteiger partial charge in [-0.25, -0.2) is 9.18 Å². The van der Waals surface area contributed by atoms with Crippen molar-refractivity contribution in [3.8, 4) is 0 Å². The number of hydrogen-bond acceptors (Lipinski definition) is 2. The van der Waals surface area contributed by atoms with Gasteiger partial charge in [0.1, 0.15) is 12.4 Å². The number of alkyl halides is 3. The topological polar surface area (TPSA) is 38.3 Å². The van der Waals surface area contributed by atoms with Gasteiger partial charge >= 0.3 is 12.3 Å². The molecule has 1 aromatic carbocycles. The van der Waals surface area contributed by atoms with E-state index in [2.05, 4.69) is 10.1 Å². The number of cyclic esters (lactones) is 1. The fraction of sp³-hybridized carbons (Fsp3) is 0.300. The first-order valence-electron chi connectivity index (χ1n) is 4.68. The van der Waals surface area contributed by atoms with E-state index in [0.717, 1.165) is 18.2 Å². The van der Waals surface area contributed by atoms with E-state index in [4.69, 9.17) is 0 Å². The largest absolute Gasteiger partial charge is 0.447 e. The number of ether oxygens (including phenoxy) is 1. The van der Waals surface area contributed by atoms with Gasteiger partial charge in [-0.2, -0.15) is 13.2 Å². The number of nitrogens with one attached hydrogen (secondary N) is 1. The second-order valence-electron chi connectivity index (χ2n) is 3.50.